The molecule has 24 heavy (non-hydrogen) atoms. The summed E-state index contributed by atoms with van der Waals surface area (Å²) in [6, 6.07) is 29.4. The van der Waals surface area contributed by atoms with Gasteiger partial charge in [-0.2, -0.15) is 0 Å². The molecule has 0 unspecified atom stereocenters. The molecule has 3 aromatic carbocycles. The molecule has 0 aromatic heterocycles. The fourth-order valence-corrected chi connectivity index (χ4v) is 2.57. The molecule has 0 radical (unpaired) electrons. The molecule has 3 rings (SSSR count). The molecule has 0 saturated carbocycles. The first-order valence-electron chi connectivity index (χ1n) is 8.35. The van der Waals surface area contributed by atoms with Crippen LogP contribution in [0, 0.1) is 0 Å². The molecule has 0 heterocycles. The lowest BCUT2D eigenvalue weighted by Crippen LogP contribution is -2.17. The van der Waals surface area contributed by atoms with Gasteiger partial charge in [-0.25, -0.2) is 0 Å². The monoisotopic (exact) mass is 317 g/mol. The minimum absolute atomic E-state index is 0.334. The van der Waals surface area contributed by atoms with Crippen LogP contribution in [0.1, 0.15) is 29.7 Å². The van der Waals surface area contributed by atoms with Crippen LogP contribution < -0.4 is 10.1 Å². The van der Waals surface area contributed by atoms with Crippen molar-refractivity contribution in [3.8, 4) is 5.75 Å². The van der Waals surface area contributed by atoms with Crippen molar-refractivity contribution in [1.82, 2.24) is 5.32 Å². The van der Waals surface area contributed by atoms with Crippen molar-refractivity contribution in [2.24, 2.45) is 0 Å². The van der Waals surface area contributed by atoms with Crippen LogP contribution in [0.5, 0.6) is 5.75 Å². The molecular formula is C22H23NO. The first-order chi connectivity index (χ1) is 11.8. The Morgan fingerprint density at radius 2 is 1.38 bits per heavy atom. The highest BCUT2D eigenvalue weighted by molar-refractivity contribution is 5.28. The highest BCUT2D eigenvalue weighted by Gasteiger charge is 2.04. The fourth-order valence-electron chi connectivity index (χ4n) is 2.57. The van der Waals surface area contributed by atoms with Gasteiger partial charge in [-0.05, 0) is 35.7 Å². The van der Waals surface area contributed by atoms with Gasteiger partial charge in [0.25, 0.3) is 0 Å². The van der Waals surface area contributed by atoms with Gasteiger partial charge in [0.15, 0.2) is 0 Å². The topological polar surface area (TPSA) is 21.3 Å². The maximum absolute atomic E-state index is 5.82. The molecule has 0 amide bonds. The maximum atomic E-state index is 5.82. The van der Waals surface area contributed by atoms with Crippen molar-refractivity contribution < 1.29 is 4.74 Å². The third-order valence-electron chi connectivity index (χ3n) is 4.08. The lowest BCUT2D eigenvalue weighted by Gasteiger charge is -2.14. The van der Waals surface area contributed by atoms with Gasteiger partial charge in [0.1, 0.15) is 12.4 Å². The van der Waals surface area contributed by atoms with E-state index in [9.17, 15) is 0 Å². The maximum Gasteiger partial charge on any atom is 0.119 e. The Kier molecular flexibility index (Phi) is 5.65. The Hall–Kier alpha value is -2.58. The second kappa shape index (κ2) is 8.32. The van der Waals surface area contributed by atoms with Crippen molar-refractivity contribution in [1.29, 1.82) is 0 Å². The van der Waals surface area contributed by atoms with Gasteiger partial charge in [0.05, 0.1) is 0 Å². The summed E-state index contributed by atoms with van der Waals surface area (Å²) in [7, 11) is 0. The van der Waals surface area contributed by atoms with Gasteiger partial charge in [-0.1, -0.05) is 72.8 Å². The molecule has 0 aliphatic heterocycles. The molecule has 1 atom stereocenters. The zero-order valence-corrected chi connectivity index (χ0v) is 14.0. The predicted molar refractivity (Wildman–Crippen MR) is 98.9 cm³/mol. The lowest BCUT2D eigenvalue weighted by molar-refractivity contribution is 0.306. The average Bonchev–Trinajstić information content (AvgIpc) is 2.67. The number of hydrogen-bond acceptors (Lipinski definition) is 2. The molecular weight excluding hydrogens is 294 g/mol. The van der Waals surface area contributed by atoms with Crippen LogP contribution in [0.2, 0.25) is 0 Å². The largest absolute Gasteiger partial charge is 0.489 e. The van der Waals surface area contributed by atoms with Crippen LogP contribution in [-0.2, 0) is 13.2 Å². The fraction of sp³-hybridized carbons (Fsp3) is 0.182. The van der Waals surface area contributed by atoms with Crippen molar-refractivity contribution in [3.05, 3.63) is 102 Å². The van der Waals surface area contributed by atoms with Gasteiger partial charge in [0.2, 0.25) is 0 Å². The molecule has 0 spiro atoms. The van der Waals surface area contributed by atoms with E-state index in [0.29, 0.717) is 12.6 Å². The summed E-state index contributed by atoms with van der Waals surface area (Å²) in [4.78, 5) is 0. The van der Waals surface area contributed by atoms with Crippen molar-refractivity contribution in [2.75, 3.05) is 0 Å². The molecule has 0 aliphatic rings. The van der Waals surface area contributed by atoms with Gasteiger partial charge in [-0.3, -0.25) is 0 Å². The Labute approximate surface area is 144 Å². The molecule has 2 nitrogen and oxygen atoms in total. The van der Waals surface area contributed by atoms with E-state index in [-0.39, 0.29) is 0 Å². The van der Waals surface area contributed by atoms with E-state index in [2.05, 4.69) is 60.8 Å². The number of benzene rings is 3. The molecule has 3 aromatic rings. The standard InChI is InChI=1S/C22H23NO/c1-18(21-10-6-3-7-11-21)23-16-19-12-14-22(15-13-19)24-17-20-8-4-2-5-9-20/h2-15,18,23H,16-17H2,1H3/t18-/m1/s1. The molecule has 122 valence electrons. The number of rotatable bonds is 7. The van der Waals surface area contributed by atoms with Crippen LogP contribution in [0.25, 0.3) is 0 Å². The summed E-state index contributed by atoms with van der Waals surface area (Å²) in [5, 5.41) is 3.55. The van der Waals surface area contributed by atoms with E-state index in [1.807, 2.05) is 36.4 Å². The van der Waals surface area contributed by atoms with Gasteiger partial charge >= 0.3 is 0 Å². The van der Waals surface area contributed by atoms with Crippen LogP contribution in [0.4, 0.5) is 0 Å². The Morgan fingerprint density at radius 3 is 2.04 bits per heavy atom. The van der Waals surface area contributed by atoms with E-state index in [4.69, 9.17) is 4.74 Å². The van der Waals surface area contributed by atoms with Gasteiger partial charge in [-0.15, -0.1) is 0 Å². The van der Waals surface area contributed by atoms with E-state index in [1.165, 1.54) is 16.7 Å². The third kappa shape index (κ3) is 4.71. The minimum Gasteiger partial charge on any atom is -0.489 e. The van der Waals surface area contributed by atoms with Crippen LogP contribution in [0.3, 0.4) is 0 Å². The Balaban J connectivity index is 1.49. The van der Waals surface area contributed by atoms with E-state index < -0.39 is 0 Å². The normalized spacial score (nSPS) is 11.9. The summed E-state index contributed by atoms with van der Waals surface area (Å²) >= 11 is 0. The quantitative estimate of drug-likeness (QED) is 0.653. The van der Waals surface area contributed by atoms with E-state index >= 15 is 0 Å². The molecule has 0 bridgehead atoms. The average molecular weight is 317 g/mol. The summed E-state index contributed by atoms with van der Waals surface area (Å²) in [5.74, 6) is 0.902. The zero-order valence-electron chi connectivity index (χ0n) is 14.0. The highest BCUT2D eigenvalue weighted by atomic mass is 16.5. The first-order valence-corrected chi connectivity index (χ1v) is 8.35. The summed E-state index contributed by atoms with van der Waals surface area (Å²) in [6.45, 7) is 3.63. The molecule has 2 heteroatoms. The van der Waals surface area contributed by atoms with Gasteiger partial charge < -0.3 is 10.1 Å². The van der Waals surface area contributed by atoms with Crippen molar-refractivity contribution >= 4 is 0 Å². The molecule has 0 aliphatic carbocycles. The van der Waals surface area contributed by atoms with Crippen molar-refractivity contribution in [3.63, 3.8) is 0 Å². The van der Waals surface area contributed by atoms with E-state index in [1.54, 1.807) is 0 Å². The van der Waals surface area contributed by atoms with Crippen LogP contribution >= 0.6 is 0 Å². The third-order valence-corrected chi connectivity index (χ3v) is 4.08. The predicted octanol–water partition coefficient (Wildman–Crippen LogP) is 5.12. The molecule has 0 saturated heterocycles. The summed E-state index contributed by atoms with van der Waals surface area (Å²) in [5.41, 5.74) is 3.74. The Morgan fingerprint density at radius 1 is 0.750 bits per heavy atom. The SMILES string of the molecule is C[C@@H](NCc1ccc(OCc2ccccc2)cc1)c1ccccc1. The highest BCUT2D eigenvalue weighted by Crippen LogP contribution is 2.16. The minimum atomic E-state index is 0.334. The molecule has 1 N–H and O–H groups in total. The van der Waals surface area contributed by atoms with Crippen LogP contribution in [-0.4, -0.2) is 0 Å². The summed E-state index contributed by atoms with van der Waals surface area (Å²) in [6.07, 6.45) is 0. The Bertz CT molecular complexity index is 723. The second-order valence-corrected chi connectivity index (χ2v) is 5.93. The number of ether oxygens (including phenoxy) is 1. The summed E-state index contributed by atoms with van der Waals surface area (Å²) < 4.78 is 5.82. The first kappa shape index (κ1) is 16.3. The second-order valence-electron chi connectivity index (χ2n) is 5.93. The smallest absolute Gasteiger partial charge is 0.119 e. The van der Waals surface area contributed by atoms with E-state index in [0.717, 1.165) is 12.3 Å². The van der Waals surface area contributed by atoms with Crippen LogP contribution in [0.15, 0.2) is 84.9 Å². The number of nitrogens with one attached hydrogen (secondary N) is 1. The molecule has 0 fully saturated rings. The zero-order chi connectivity index (χ0) is 16.6. The van der Waals surface area contributed by atoms with Gasteiger partial charge in [0, 0.05) is 12.6 Å². The van der Waals surface area contributed by atoms with Crippen molar-refractivity contribution in [2.45, 2.75) is 26.1 Å². The lowest BCUT2D eigenvalue weighted by atomic mass is 10.1. The number of hydrogen-bond donors (Lipinski definition) is 1.